The number of carbonyl (C=O) groups excluding carboxylic acids is 3. The molecule has 6 aromatic rings. The van der Waals surface area contributed by atoms with Gasteiger partial charge in [0.25, 0.3) is 11.8 Å². The Labute approximate surface area is 425 Å². The summed E-state index contributed by atoms with van der Waals surface area (Å²) in [6, 6.07) is 17.2. The predicted octanol–water partition coefficient (Wildman–Crippen LogP) is 7.13. The van der Waals surface area contributed by atoms with Crippen molar-refractivity contribution >= 4 is 94.7 Å². The molecule has 0 spiro atoms. The van der Waals surface area contributed by atoms with Crippen molar-refractivity contribution in [1.29, 1.82) is 0 Å². The fourth-order valence-electron chi connectivity index (χ4n) is 10.3. The summed E-state index contributed by atoms with van der Waals surface area (Å²) in [5, 5.41) is 15.6. The van der Waals surface area contributed by atoms with Crippen LogP contribution in [0.25, 0.3) is 21.9 Å². The molecule has 0 radical (unpaired) electrons. The third kappa shape index (κ3) is 9.63. The lowest BCUT2D eigenvalue weighted by Crippen LogP contribution is -2.52. The van der Waals surface area contributed by atoms with Crippen LogP contribution in [0.4, 0.5) is 44.6 Å². The van der Waals surface area contributed by atoms with Crippen LogP contribution in [0, 0.1) is 11.7 Å². The number of benzene rings is 4. The number of hydrogen-bond acceptors (Lipinski definition) is 14. The van der Waals surface area contributed by atoms with Crippen LogP contribution in [0.2, 0.25) is 0 Å². The Morgan fingerprint density at radius 2 is 1.61 bits per heavy atom. The van der Waals surface area contributed by atoms with Crippen molar-refractivity contribution in [1.82, 2.24) is 34.9 Å². The van der Waals surface area contributed by atoms with Gasteiger partial charge in [0.05, 0.1) is 57.9 Å². The molecule has 1 unspecified atom stereocenters. The number of anilines is 7. The summed E-state index contributed by atoms with van der Waals surface area (Å²) in [7, 11) is 1.43. The zero-order valence-electron chi connectivity index (χ0n) is 40.5. The molecule has 3 saturated heterocycles. The molecule has 0 saturated carbocycles. The molecule has 10 rings (SSSR count). The molecule has 3 fully saturated rings. The van der Waals surface area contributed by atoms with Gasteiger partial charge in [-0.15, -0.1) is 0 Å². The minimum absolute atomic E-state index is 0.0175. The Bertz CT molecular complexity index is 3210. The van der Waals surface area contributed by atoms with Gasteiger partial charge in [0.2, 0.25) is 21.9 Å². The number of sulfonamides is 1. The monoisotopic (exact) mass is 1060 g/mol. The van der Waals surface area contributed by atoms with Crippen molar-refractivity contribution in [3.8, 4) is 16.9 Å². The van der Waals surface area contributed by atoms with Crippen LogP contribution in [0.15, 0.2) is 83.7 Å². The number of carbonyl (C=O) groups is 3. The third-order valence-electron chi connectivity index (χ3n) is 14.4. The molecule has 1 atom stereocenters. The van der Waals surface area contributed by atoms with Gasteiger partial charge in [0, 0.05) is 101 Å². The van der Waals surface area contributed by atoms with Gasteiger partial charge in [-0.25, -0.2) is 17.8 Å². The van der Waals surface area contributed by atoms with Gasteiger partial charge in [-0.2, -0.15) is 10.1 Å². The Morgan fingerprint density at radius 3 is 2.32 bits per heavy atom. The lowest BCUT2D eigenvalue weighted by Gasteiger charge is -2.39. The van der Waals surface area contributed by atoms with Crippen molar-refractivity contribution in [2.75, 3.05) is 97.5 Å². The van der Waals surface area contributed by atoms with Gasteiger partial charge >= 0.3 is 0 Å². The van der Waals surface area contributed by atoms with Crippen LogP contribution >= 0.6 is 15.9 Å². The first-order valence-electron chi connectivity index (χ1n) is 24.1. The molecular weight excluding hydrogens is 1010 g/mol. The summed E-state index contributed by atoms with van der Waals surface area (Å²) in [6.45, 7) is 6.03. The molecule has 72 heavy (non-hydrogen) atoms. The van der Waals surface area contributed by atoms with Gasteiger partial charge in [0.15, 0.2) is 0 Å². The molecule has 4 aliphatic heterocycles. The smallest absolute Gasteiger partial charge is 0.262 e. The largest absolute Gasteiger partial charge is 0.494 e. The normalized spacial score (nSPS) is 17.9. The minimum atomic E-state index is -3.61. The molecule has 3 N–H and O–H groups in total. The summed E-state index contributed by atoms with van der Waals surface area (Å²) in [6.07, 6.45) is 10.4. The number of amides is 3. The fourth-order valence-corrected chi connectivity index (χ4v) is 11.2. The number of halogens is 2. The number of aryl methyl sites for hydroxylation is 1. The van der Waals surface area contributed by atoms with Crippen molar-refractivity contribution in [2.24, 2.45) is 13.0 Å². The number of nitrogens with zero attached hydrogens (tertiary/aromatic N) is 9. The van der Waals surface area contributed by atoms with E-state index in [1.165, 1.54) is 29.7 Å². The number of ether oxygens (including phenoxy) is 1. The Morgan fingerprint density at radius 1 is 0.875 bits per heavy atom. The molecule has 4 aromatic carbocycles. The van der Waals surface area contributed by atoms with Gasteiger partial charge in [0.1, 0.15) is 23.4 Å². The Hall–Kier alpha value is -6.84. The van der Waals surface area contributed by atoms with Gasteiger partial charge < -0.3 is 30.5 Å². The number of piperazine rings is 1. The molecule has 18 nitrogen and oxygen atoms in total. The lowest BCUT2D eigenvalue weighted by molar-refractivity contribution is -0.126. The first kappa shape index (κ1) is 48.8. The maximum atomic E-state index is 15.6. The van der Waals surface area contributed by atoms with Crippen LogP contribution in [-0.4, -0.2) is 135 Å². The van der Waals surface area contributed by atoms with E-state index in [1.807, 2.05) is 72.9 Å². The van der Waals surface area contributed by atoms with Crippen LogP contribution in [0.5, 0.6) is 5.75 Å². The molecule has 3 amide bonds. The number of imide groups is 1. The van der Waals surface area contributed by atoms with Crippen LogP contribution in [-0.2, 0) is 21.9 Å². The number of fused-ring (bicyclic) bond motifs is 2. The number of piperidine rings is 2. The van der Waals surface area contributed by atoms with Gasteiger partial charge in [-0.05, 0) is 90.1 Å². The predicted molar refractivity (Wildman–Crippen MR) is 280 cm³/mol. The Kier molecular flexibility index (Phi) is 13.5. The highest BCUT2D eigenvalue weighted by molar-refractivity contribution is 9.10. The molecule has 0 bridgehead atoms. The lowest BCUT2D eigenvalue weighted by atomic mass is 9.92. The average Bonchev–Trinajstić information content (AvgIpc) is 3.92. The topological polar surface area (TPSA) is 190 Å². The van der Waals surface area contributed by atoms with Crippen molar-refractivity contribution in [3.05, 3.63) is 101 Å². The summed E-state index contributed by atoms with van der Waals surface area (Å²) in [5.41, 5.74) is 5.06. The summed E-state index contributed by atoms with van der Waals surface area (Å²) >= 11 is 3.59. The zero-order valence-corrected chi connectivity index (χ0v) is 42.9. The second-order valence-electron chi connectivity index (χ2n) is 18.9. The number of methoxy groups -OCH3 is 1. The SMILES string of the molecule is COc1cc(N2CCN(CCC3CCN(c4cc5c(cc4F)C(=O)N(C4CCCNC4=O)C5=O)CC3)CC2)c(-c2cnn(C)c2)cc1Nc1ncc(Br)c(Nc2ccc3ccccc3c2N(C)S(C)(=O)=O)n1. The van der Waals surface area contributed by atoms with E-state index in [9.17, 15) is 22.8 Å². The van der Waals surface area contributed by atoms with Gasteiger partial charge in [-0.3, -0.25) is 33.2 Å². The van der Waals surface area contributed by atoms with Crippen molar-refractivity contribution in [2.45, 2.75) is 38.1 Å². The van der Waals surface area contributed by atoms with Crippen molar-refractivity contribution in [3.63, 3.8) is 0 Å². The molecule has 376 valence electrons. The van der Waals surface area contributed by atoms with Crippen LogP contribution in [0.3, 0.4) is 0 Å². The summed E-state index contributed by atoms with van der Waals surface area (Å²) in [4.78, 5) is 56.5. The van der Waals surface area contributed by atoms with E-state index in [1.54, 1.807) is 18.0 Å². The van der Waals surface area contributed by atoms with Gasteiger partial charge in [-0.1, -0.05) is 30.3 Å². The summed E-state index contributed by atoms with van der Waals surface area (Å²) < 4.78 is 50.9. The van der Waals surface area contributed by atoms with E-state index in [0.29, 0.717) is 77.2 Å². The zero-order chi connectivity index (χ0) is 50.4. The van der Waals surface area contributed by atoms with E-state index in [2.05, 4.69) is 51.8 Å². The Balaban J connectivity index is 0.793. The first-order valence-corrected chi connectivity index (χ1v) is 26.7. The standard InChI is InChI=1S/C51H56BrFN12O6S/c1-60-30-33(28-56-60)35-25-41(58-51-55-29-38(52)47(59-51)57-40-12-11-32-8-5-6-9-34(32)46(40)61(2)72(4,69)70)45(71-3)27-43(35)64-22-20-62(21-23-64)17-13-31-14-18-63(19-15-31)44-26-37-36(24-39(44)53)49(67)65(50(37)68)42-10-7-16-54-48(42)66/h5-6,8-9,11-12,24-31,42H,7,10,13-23H2,1-4H3,(H,54,66)(H2,55,57,58,59). The van der Waals surface area contributed by atoms with E-state index >= 15 is 4.39 Å². The number of aromatic nitrogens is 4. The molecule has 21 heteroatoms. The van der Waals surface area contributed by atoms with E-state index < -0.39 is 33.7 Å². The molecular formula is C51H56BrFN12O6S. The second kappa shape index (κ2) is 20.0. The molecule has 0 aliphatic carbocycles. The third-order valence-corrected chi connectivity index (χ3v) is 16.1. The molecule has 6 heterocycles. The highest BCUT2D eigenvalue weighted by Gasteiger charge is 2.44. The van der Waals surface area contributed by atoms with E-state index in [-0.39, 0.29) is 23.0 Å². The van der Waals surface area contributed by atoms with Crippen LogP contribution in [0.1, 0.15) is 52.8 Å². The first-order chi connectivity index (χ1) is 34.6. The fraction of sp³-hybridized carbons (Fsp3) is 0.373. The molecule has 4 aliphatic rings. The molecule has 2 aromatic heterocycles. The minimum Gasteiger partial charge on any atom is -0.494 e. The van der Waals surface area contributed by atoms with Crippen LogP contribution < -0.4 is 34.8 Å². The number of rotatable bonds is 14. The van der Waals surface area contributed by atoms with Crippen molar-refractivity contribution < 1.29 is 31.9 Å². The highest BCUT2D eigenvalue weighted by atomic mass is 79.9. The second-order valence-corrected chi connectivity index (χ2v) is 21.7. The van der Waals surface area contributed by atoms with E-state index in [0.717, 1.165) is 84.5 Å². The average molecular weight is 1060 g/mol. The highest BCUT2D eigenvalue weighted by Crippen LogP contribution is 2.42. The maximum absolute atomic E-state index is 15.6. The number of nitrogens with one attached hydrogen (secondary N) is 3. The quantitative estimate of drug-likeness (QED) is 0.0935. The number of hydrogen-bond donors (Lipinski definition) is 3. The summed E-state index contributed by atoms with van der Waals surface area (Å²) in [5.74, 6) is -0.290. The maximum Gasteiger partial charge on any atom is 0.262 e. The van der Waals surface area contributed by atoms with E-state index in [4.69, 9.17) is 9.72 Å².